The Kier molecular flexibility index (Phi) is 3.22. The fourth-order valence-electron chi connectivity index (χ4n) is 1.20. The predicted molar refractivity (Wildman–Crippen MR) is 63.8 cm³/mol. The molecule has 16 heavy (non-hydrogen) atoms. The Morgan fingerprint density at radius 2 is 2.19 bits per heavy atom. The number of nitrogens with one attached hydrogen (secondary N) is 1. The molecule has 1 heterocycles. The molecule has 1 aromatic carbocycles. The third-order valence-electron chi connectivity index (χ3n) is 1.95. The lowest BCUT2D eigenvalue weighted by Gasteiger charge is -2.07. The van der Waals surface area contributed by atoms with Crippen molar-refractivity contribution in [2.75, 3.05) is 5.73 Å². The second kappa shape index (κ2) is 4.63. The topological polar surface area (TPSA) is 63.9 Å². The number of nitrogens with two attached hydrogens (primary N) is 1. The first-order valence-corrected chi connectivity index (χ1v) is 5.29. The van der Waals surface area contributed by atoms with E-state index in [0.717, 1.165) is 5.69 Å². The molecule has 0 amide bonds. The van der Waals surface area contributed by atoms with Crippen molar-refractivity contribution in [3.63, 3.8) is 0 Å². The summed E-state index contributed by atoms with van der Waals surface area (Å²) in [6.07, 6.45) is 0. The van der Waals surface area contributed by atoms with Crippen LogP contribution < -0.4 is 10.5 Å². The predicted octanol–water partition coefficient (Wildman–Crippen LogP) is 2.88. The zero-order valence-corrected chi connectivity index (χ0v) is 9.72. The Hall–Kier alpha value is -1.39. The van der Waals surface area contributed by atoms with Gasteiger partial charge in [0.25, 0.3) is 0 Å². The third-order valence-corrected chi connectivity index (χ3v) is 2.75. The minimum absolute atomic E-state index is 0.310. The summed E-state index contributed by atoms with van der Waals surface area (Å²) in [6.45, 7) is 0.310. The number of nitrogens with zero attached hydrogens (tertiary/aromatic N) is 1. The molecule has 4 nitrogen and oxygen atoms in total. The number of ether oxygens (including phenoxy) is 1. The smallest absolute Gasteiger partial charge is 0.145 e. The van der Waals surface area contributed by atoms with Crippen LogP contribution in [0.15, 0.2) is 24.3 Å². The lowest BCUT2D eigenvalue weighted by Crippen LogP contribution is -1.96. The molecule has 84 valence electrons. The van der Waals surface area contributed by atoms with Crippen molar-refractivity contribution in [3.05, 3.63) is 40.0 Å². The minimum Gasteiger partial charge on any atom is -0.486 e. The van der Waals surface area contributed by atoms with Crippen molar-refractivity contribution in [1.82, 2.24) is 10.2 Å². The van der Waals surface area contributed by atoms with Crippen molar-refractivity contribution < 1.29 is 4.74 Å². The van der Waals surface area contributed by atoms with Crippen molar-refractivity contribution in [3.8, 4) is 5.75 Å². The first kappa shape index (κ1) is 11.1. The molecule has 2 rings (SSSR count). The van der Waals surface area contributed by atoms with Gasteiger partial charge in [-0.25, -0.2) is 0 Å². The van der Waals surface area contributed by atoms with E-state index in [9.17, 15) is 0 Å². The minimum atomic E-state index is 0.310. The van der Waals surface area contributed by atoms with Crippen LogP contribution in [0.25, 0.3) is 0 Å². The van der Waals surface area contributed by atoms with E-state index in [1.165, 1.54) is 0 Å². The van der Waals surface area contributed by atoms with Gasteiger partial charge < -0.3 is 10.5 Å². The van der Waals surface area contributed by atoms with Gasteiger partial charge in [0.05, 0.1) is 10.7 Å². The normalized spacial score (nSPS) is 10.4. The van der Waals surface area contributed by atoms with Crippen LogP contribution in [0.1, 0.15) is 5.69 Å². The SMILES string of the molecule is Nc1cc(COc2cccc(Cl)c2Cl)[nH]n1. The molecule has 6 heteroatoms. The molecule has 0 unspecified atom stereocenters. The van der Waals surface area contributed by atoms with E-state index in [-0.39, 0.29) is 0 Å². The fraction of sp³-hybridized carbons (Fsp3) is 0.100. The molecule has 0 saturated carbocycles. The monoisotopic (exact) mass is 257 g/mol. The maximum atomic E-state index is 5.96. The fourth-order valence-corrected chi connectivity index (χ4v) is 1.55. The van der Waals surface area contributed by atoms with E-state index in [1.807, 2.05) is 0 Å². The van der Waals surface area contributed by atoms with Gasteiger partial charge in [0, 0.05) is 6.07 Å². The van der Waals surface area contributed by atoms with Crippen molar-refractivity contribution in [2.45, 2.75) is 6.61 Å². The molecular formula is C10H9Cl2N3O. The summed E-state index contributed by atoms with van der Waals surface area (Å²) in [7, 11) is 0. The molecule has 0 radical (unpaired) electrons. The Labute approximate surface area is 102 Å². The van der Waals surface area contributed by atoms with Gasteiger partial charge in [-0.3, -0.25) is 5.10 Å². The van der Waals surface area contributed by atoms with E-state index in [0.29, 0.717) is 28.2 Å². The zero-order chi connectivity index (χ0) is 11.5. The van der Waals surface area contributed by atoms with Crippen LogP contribution in [0.4, 0.5) is 5.82 Å². The third kappa shape index (κ3) is 2.40. The summed E-state index contributed by atoms with van der Waals surface area (Å²) in [5.41, 5.74) is 6.23. The van der Waals surface area contributed by atoms with Crippen LogP contribution >= 0.6 is 23.2 Å². The Bertz CT molecular complexity index is 499. The molecule has 2 aromatic rings. The number of rotatable bonds is 3. The average molecular weight is 258 g/mol. The molecule has 0 bridgehead atoms. The Morgan fingerprint density at radius 3 is 2.88 bits per heavy atom. The molecule has 0 saturated heterocycles. The average Bonchev–Trinajstić information content (AvgIpc) is 2.67. The van der Waals surface area contributed by atoms with Crippen LogP contribution in [0.2, 0.25) is 10.0 Å². The Morgan fingerprint density at radius 1 is 1.38 bits per heavy atom. The number of hydrogen-bond donors (Lipinski definition) is 2. The van der Waals surface area contributed by atoms with E-state index in [1.54, 1.807) is 24.3 Å². The number of hydrogen-bond acceptors (Lipinski definition) is 3. The maximum absolute atomic E-state index is 5.96. The summed E-state index contributed by atoms with van der Waals surface area (Å²) in [4.78, 5) is 0. The molecule has 0 aliphatic rings. The van der Waals surface area contributed by atoms with Gasteiger partial charge in [0.1, 0.15) is 23.2 Å². The van der Waals surface area contributed by atoms with Crippen molar-refractivity contribution in [2.24, 2.45) is 0 Å². The molecule has 3 N–H and O–H groups in total. The maximum Gasteiger partial charge on any atom is 0.145 e. The largest absolute Gasteiger partial charge is 0.486 e. The van der Waals surface area contributed by atoms with Crippen LogP contribution in [0.5, 0.6) is 5.75 Å². The summed E-state index contributed by atoms with van der Waals surface area (Å²) in [6, 6.07) is 6.90. The Balaban J connectivity index is 2.07. The summed E-state index contributed by atoms with van der Waals surface area (Å²) >= 11 is 11.8. The quantitative estimate of drug-likeness (QED) is 0.889. The van der Waals surface area contributed by atoms with Gasteiger partial charge in [-0.1, -0.05) is 29.3 Å². The molecule has 0 aliphatic heterocycles. The highest BCUT2D eigenvalue weighted by molar-refractivity contribution is 6.42. The first-order valence-electron chi connectivity index (χ1n) is 4.53. The highest BCUT2D eigenvalue weighted by Crippen LogP contribution is 2.31. The van der Waals surface area contributed by atoms with Crippen molar-refractivity contribution >= 4 is 29.0 Å². The van der Waals surface area contributed by atoms with Gasteiger partial charge in [-0.15, -0.1) is 0 Å². The van der Waals surface area contributed by atoms with E-state index in [4.69, 9.17) is 33.7 Å². The van der Waals surface area contributed by atoms with Gasteiger partial charge in [-0.2, -0.15) is 5.10 Å². The molecule has 1 aromatic heterocycles. The molecule has 0 spiro atoms. The van der Waals surface area contributed by atoms with Gasteiger partial charge >= 0.3 is 0 Å². The number of benzene rings is 1. The van der Waals surface area contributed by atoms with E-state index < -0.39 is 0 Å². The number of nitrogen functional groups attached to an aromatic ring is 1. The van der Waals surface area contributed by atoms with Gasteiger partial charge in [-0.05, 0) is 12.1 Å². The second-order valence-corrected chi connectivity index (χ2v) is 3.94. The first-order chi connectivity index (χ1) is 7.66. The van der Waals surface area contributed by atoms with Crippen LogP contribution in [-0.2, 0) is 6.61 Å². The lowest BCUT2D eigenvalue weighted by atomic mass is 10.3. The number of aromatic nitrogens is 2. The van der Waals surface area contributed by atoms with Crippen molar-refractivity contribution in [1.29, 1.82) is 0 Å². The molecule has 0 fully saturated rings. The number of halogens is 2. The lowest BCUT2D eigenvalue weighted by molar-refractivity contribution is 0.301. The molecule has 0 atom stereocenters. The van der Waals surface area contributed by atoms with Crippen LogP contribution in [0, 0.1) is 0 Å². The van der Waals surface area contributed by atoms with E-state index in [2.05, 4.69) is 10.2 Å². The van der Waals surface area contributed by atoms with E-state index >= 15 is 0 Å². The van der Waals surface area contributed by atoms with Crippen LogP contribution in [0.3, 0.4) is 0 Å². The number of anilines is 1. The van der Waals surface area contributed by atoms with Gasteiger partial charge in [0.15, 0.2) is 0 Å². The number of H-pyrrole nitrogens is 1. The summed E-state index contributed by atoms with van der Waals surface area (Å²) in [5, 5.41) is 7.38. The second-order valence-electron chi connectivity index (χ2n) is 3.16. The summed E-state index contributed by atoms with van der Waals surface area (Å²) < 4.78 is 5.47. The molecule has 0 aliphatic carbocycles. The van der Waals surface area contributed by atoms with Crippen LogP contribution in [-0.4, -0.2) is 10.2 Å². The highest BCUT2D eigenvalue weighted by atomic mass is 35.5. The number of aromatic amines is 1. The van der Waals surface area contributed by atoms with Gasteiger partial charge in [0.2, 0.25) is 0 Å². The standard InChI is InChI=1S/C10H9Cl2N3O/c11-7-2-1-3-8(10(7)12)16-5-6-4-9(13)15-14-6/h1-4H,5H2,(H3,13,14,15). The highest BCUT2D eigenvalue weighted by Gasteiger charge is 2.06. The molecular weight excluding hydrogens is 249 g/mol. The zero-order valence-electron chi connectivity index (χ0n) is 8.21. The summed E-state index contributed by atoms with van der Waals surface area (Å²) in [5.74, 6) is 0.957.